The zero-order valence-corrected chi connectivity index (χ0v) is 19.4. The van der Waals surface area contributed by atoms with Crippen molar-refractivity contribution < 1.29 is 19.1 Å². The Hall–Kier alpha value is -3.17. The van der Waals surface area contributed by atoms with Crippen LogP contribution in [0.15, 0.2) is 17.7 Å². The predicted octanol–water partition coefficient (Wildman–Crippen LogP) is 4.32. The lowest BCUT2D eigenvalue weighted by Crippen LogP contribution is -2.17. The highest BCUT2D eigenvalue weighted by atomic mass is 16.5. The van der Waals surface area contributed by atoms with E-state index in [1.54, 1.807) is 7.11 Å². The molecule has 0 amide bonds. The topological polar surface area (TPSA) is 81.3 Å². The van der Waals surface area contributed by atoms with Crippen molar-refractivity contribution in [2.24, 2.45) is 0 Å². The summed E-state index contributed by atoms with van der Waals surface area (Å²) in [5.74, 6) is -1.09. The molecule has 0 unspecified atom stereocenters. The minimum atomic E-state index is -0.809. The van der Waals surface area contributed by atoms with Gasteiger partial charge < -0.3 is 14.0 Å². The van der Waals surface area contributed by atoms with E-state index in [4.69, 9.17) is 9.47 Å². The van der Waals surface area contributed by atoms with Gasteiger partial charge in [0.1, 0.15) is 11.6 Å². The normalized spacial score (nSPS) is 11.4. The third-order valence-corrected chi connectivity index (χ3v) is 5.89. The van der Waals surface area contributed by atoms with Gasteiger partial charge in [0.25, 0.3) is 0 Å². The van der Waals surface area contributed by atoms with Crippen LogP contribution in [0.2, 0.25) is 0 Å². The van der Waals surface area contributed by atoms with Crippen molar-refractivity contribution in [1.29, 1.82) is 5.26 Å². The largest absolute Gasteiger partial charge is 0.453 e. The zero-order valence-electron chi connectivity index (χ0n) is 19.4. The van der Waals surface area contributed by atoms with E-state index < -0.39 is 12.6 Å². The van der Waals surface area contributed by atoms with Crippen molar-refractivity contribution in [2.45, 2.75) is 48.1 Å². The fourth-order valence-electron chi connectivity index (χ4n) is 3.58. The van der Waals surface area contributed by atoms with Crippen molar-refractivity contribution in [3.63, 3.8) is 0 Å². The lowest BCUT2D eigenvalue weighted by atomic mass is 9.93. The van der Waals surface area contributed by atoms with Gasteiger partial charge in [-0.3, -0.25) is 4.79 Å². The summed E-state index contributed by atoms with van der Waals surface area (Å²) in [5.41, 5.74) is 7.16. The number of aryl methyl sites for hydroxylation is 2. The summed E-state index contributed by atoms with van der Waals surface area (Å²) >= 11 is 0. The number of ether oxygens (including phenoxy) is 2. The van der Waals surface area contributed by atoms with Crippen molar-refractivity contribution in [3.05, 3.63) is 62.5 Å². The first kappa shape index (κ1) is 24.1. The highest BCUT2D eigenvalue weighted by molar-refractivity contribution is 6.02. The van der Waals surface area contributed by atoms with Crippen LogP contribution in [0.4, 0.5) is 0 Å². The average molecular weight is 423 g/mol. The summed E-state index contributed by atoms with van der Waals surface area (Å²) < 4.78 is 12.4. The number of methoxy groups -OCH3 is 1. The Morgan fingerprint density at radius 3 is 2.35 bits per heavy atom. The van der Waals surface area contributed by atoms with Crippen molar-refractivity contribution >= 4 is 17.8 Å². The van der Waals surface area contributed by atoms with E-state index in [9.17, 15) is 14.9 Å². The molecule has 0 aliphatic rings. The molecule has 0 saturated heterocycles. The van der Waals surface area contributed by atoms with E-state index >= 15 is 0 Å². The first-order valence-corrected chi connectivity index (χ1v) is 10.2. The van der Waals surface area contributed by atoms with E-state index in [-0.39, 0.29) is 11.4 Å². The number of carbonyl (C=O) groups is 2. The second-order valence-electron chi connectivity index (χ2n) is 7.76. The van der Waals surface area contributed by atoms with Crippen LogP contribution in [0, 0.1) is 52.9 Å². The summed E-state index contributed by atoms with van der Waals surface area (Å²) in [4.78, 5) is 25.1. The summed E-state index contributed by atoms with van der Waals surface area (Å²) in [6.07, 6.45) is 1.50. The van der Waals surface area contributed by atoms with E-state index in [2.05, 4.69) is 4.57 Å². The molecule has 0 bridgehead atoms. The molecule has 31 heavy (non-hydrogen) atoms. The van der Waals surface area contributed by atoms with Gasteiger partial charge in [-0.1, -0.05) is 0 Å². The van der Waals surface area contributed by atoms with Crippen molar-refractivity contribution in [2.75, 3.05) is 20.3 Å². The van der Waals surface area contributed by atoms with Gasteiger partial charge in [0.2, 0.25) is 5.78 Å². The lowest BCUT2D eigenvalue weighted by Gasteiger charge is -2.13. The zero-order chi connectivity index (χ0) is 23.3. The molecule has 2 rings (SSSR count). The number of aromatic nitrogens is 1. The highest BCUT2D eigenvalue weighted by Gasteiger charge is 2.18. The Morgan fingerprint density at radius 1 is 1.06 bits per heavy atom. The first-order valence-electron chi connectivity index (χ1n) is 10.2. The maximum atomic E-state index is 12.7. The fourth-order valence-corrected chi connectivity index (χ4v) is 3.58. The van der Waals surface area contributed by atoms with Crippen molar-refractivity contribution in [3.8, 4) is 6.07 Å². The third kappa shape index (κ3) is 5.31. The van der Waals surface area contributed by atoms with Gasteiger partial charge >= 0.3 is 5.97 Å². The molecule has 1 aromatic heterocycles. The summed E-state index contributed by atoms with van der Waals surface area (Å²) in [6.45, 7) is 12.5. The van der Waals surface area contributed by atoms with E-state index in [0.29, 0.717) is 18.7 Å². The van der Waals surface area contributed by atoms with Gasteiger partial charge in [0.05, 0.1) is 6.61 Å². The van der Waals surface area contributed by atoms with Gasteiger partial charge in [0, 0.05) is 30.6 Å². The van der Waals surface area contributed by atoms with E-state index in [1.165, 1.54) is 6.08 Å². The van der Waals surface area contributed by atoms with E-state index in [0.717, 1.165) is 39.2 Å². The van der Waals surface area contributed by atoms with Gasteiger partial charge in [-0.25, -0.2) is 4.79 Å². The molecular weight excluding hydrogens is 392 g/mol. The van der Waals surface area contributed by atoms with Crippen LogP contribution in [-0.2, 0) is 20.8 Å². The SMILES string of the molecule is COCCn1c(C)cc(/C=C(\C#N)C(=O)OCC(=O)c2cc(C)c(C)c(C)c2C)c1C. The number of esters is 1. The van der Waals surface area contributed by atoms with Gasteiger partial charge in [-0.15, -0.1) is 0 Å². The van der Waals surface area contributed by atoms with Crippen LogP contribution < -0.4 is 0 Å². The number of hydrogen-bond acceptors (Lipinski definition) is 5. The number of carbonyl (C=O) groups excluding carboxylic acids is 2. The molecule has 0 radical (unpaired) electrons. The molecule has 6 heteroatoms. The Bertz CT molecular complexity index is 1080. The number of rotatable bonds is 8. The van der Waals surface area contributed by atoms with Crippen LogP contribution >= 0.6 is 0 Å². The highest BCUT2D eigenvalue weighted by Crippen LogP contribution is 2.22. The minimum Gasteiger partial charge on any atom is -0.453 e. The van der Waals surface area contributed by atoms with Gasteiger partial charge in [-0.2, -0.15) is 5.26 Å². The average Bonchev–Trinajstić information content (AvgIpc) is 3.01. The Morgan fingerprint density at radius 2 is 1.74 bits per heavy atom. The van der Waals surface area contributed by atoms with Crippen LogP contribution in [0.5, 0.6) is 0 Å². The summed E-state index contributed by atoms with van der Waals surface area (Å²) in [7, 11) is 1.64. The van der Waals surface area contributed by atoms with Crippen LogP contribution in [-0.4, -0.2) is 36.6 Å². The van der Waals surface area contributed by atoms with Crippen molar-refractivity contribution in [1.82, 2.24) is 4.57 Å². The Labute approximate surface area is 184 Å². The number of nitrogens with zero attached hydrogens (tertiary/aromatic N) is 2. The second kappa shape index (κ2) is 10.2. The molecule has 6 nitrogen and oxygen atoms in total. The van der Waals surface area contributed by atoms with Crippen LogP contribution in [0.1, 0.15) is 49.6 Å². The maximum Gasteiger partial charge on any atom is 0.349 e. The lowest BCUT2D eigenvalue weighted by molar-refractivity contribution is -0.137. The molecule has 164 valence electrons. The fraction of sp³-hybridized carbons (Fsp3) is 0.400. The quantitative estimate of drug-likeness (QED) is 0.274. The predicted molar refractivity (Wildman–Crippen MR) is 120 cm³/mol. The third-order valence-electron chi connectivity index (χ3n) is 5.89. The summed E-state index contributed by atoms with van der Waals surface area (Å²) in [6, 6.07) is 5.62. The Balaban J connectivity index is 2.18. The minimum absolute atomic E-state index is 0.146. The molecule has 0 spiro atoms. The molecule has 0 saturated carbocycles. The molecule has 1 aromatic carbocycles. The number of nitriles is 1. The van der Waals surface area contributed by atoms with Gasteiger partial charge in [-0.05, 0) is 87.6 Å². The number of ketones is 1. The first-order chi connectivity index (χ1) is 14.6. The monoisotopic (exact) mass is 422 g/mol. The second-order valence-corrected chi connectivity index (χ2v) is 7.76. The molecule has 0 N–H and O–H groups in total. The standard InChI is InChI=1S/C25H30N2O4/c1-15-10-23(19(5)18(4)17(15)3)24(28)14-31-25(29)22(13-26)12-21-11-16(2)27(20(21)6)8-9-30-7/h10-12H,8-9,14H2,1-7H3/b22-12+. The number of hydrogen-bond donors (Lipinski definition) is 0. The molecule has 0 aliphatic heterocycles. The smallest absolute Gasteiger partial charge is 0.349 e. The molecule has 0 fully saturated rings. The van der Waals surface area contributed by atoms with Crippen LogP contribution in [0.25, 0.3) is 6.08 Å². The molecule has 0 aliphatic carbocycles. The molecular formula is C25H30N2O4. The molecule has 0 atom stereocenters. The van der Waals surface area contributed by atoms with Gasteiger partial charge in [0.15, 0.2) is 6.61 Å². The van der Waals surface area contributed by atoms with E-state index in [1.807, 2.05) is 59.7 Å². The molecule has 1 heterocycles. The summed E-state index contributed by atoms with van der Waals surface area (Å²) in [5, 5.41) is 9.47. The number of benzene rings is 1. The van der Waals surface area contributed by atoms with Crippen LogP contribution in [0.3, 0.4) is 0 Å². The number of Topliss-reactive ketones (excluding diaryl/α,β-unsaturated/α-hetero) is 1. The molecule has 2 aromatic rings. The Kier molecular flexibility index (Phi) is 7.95. The maximum absolute atomic E-state index is 12.7.